The van der Waals surface area contributed by atoms with Gasteiger partial charge in [-0.05, 0) is 61.1 Å². The SMILES string of the molecule is CC1CC(C)CN(S(=O)(=O)c2ccc(C(=O)NCCCc3nc4ccccc4[nH]3)cc2)C1. The molecule has 0 bridgehead atoms. The van der Waals surface area contributed by atoms with E-state index in [1.807, 2.05) is 24.3 Å². The molecule has 1 amide bonds. The Morgan fingerprint density at radius 1 is 1.09 bits per heavy atom. The smallest absolute Gasteiger partial charge is 0.251 e. The van der Waals surface area contributed by atoms with E-state index >= 15 is 0 Å². The second-order valence-corrected chi connectivity index (χ2v) is 10.8. The number of nitrogens with zero attached hydrogens (tertiary/aromatic N) is 2. The van der Waals surface area contributed by atoms with Crippen LogP contribution in [0.1, 0.15) is 42.9 Å². The molecule has 1 fully saturated rings. The number of imidazole rings is 1. The molecule has 2 aromatic carbocycles. The molecule has 0 radical (unpaired) electrons. The van der Waals surface area contributed by atoms with Crippen molar-refractivity contribution in [3.8, 4) is 0 Å². The monoisotopic (exact) mass is 454 g/mol. The zero-order valence-electron chi connectivity index (χ0n) is 18.5. The number of carbonyl (C=O) groups is 1. The maximum atomic E-state index is 13.0. The molecule has 3 aromatic rings. The molecule has 1 aliphatic heterocycles. The number of rotatable bonds is 7. The number of aromatic amines is 1. The fourth-order valence-corrected chi connectivity index (χ4v) is 6.09. The topological polar surface area (TPSA) is 95.2 Å². The number of piperidine rings is 1. The molecule has 7 nitrogen and oxygen atoms in total. The second kappa shape index (κ2) is 9.42. The van der Waals surface area contributed by atoms with E-state index < -0.39 is 10.0 Å². The first-order valence-electron chi connectivity index (χ1n) is 11.1. The van der Waals surface area contributed by atoms with E-state index in [2.05, 4.69) is 29.1 Å². The Morgan fingerprint density at radius 3 is 2.47 bits per heavy atom. The summed E-state index contributed by atoms with van der Waals surface area (Å²) in [5.74, 6) is 1.38. The Labute approximate surface area is 189 Å². The molecule has 4 rings (SSSR count). The summed E-state index contributed by atoms with van der Waals surface area (Å²) in [6.45, 7) is 5.76. The van der Waals surface area contributed by atoms with Crippen LogP contribution in [0.15, 0.2) is 53.4 Å². The molecule has 32 heavy (non-hydrogen) atoms. The van der Waals surface area contributed by atoms with Crippen LogP contribution in [-0.2, 0) is 16.4 Å². The lowest BCUT2D eigenvalue weighted by atomic mass is 9.94. The third-order valence-corrected chi connectivity index (χ3v) is 7.75. The zero-order chi connectivity index (χ0) is 22.7. The Morgan fingerprint density at radius 2 is 1.78 bits per heavy atom. The van der Waals surface area contributed by atoms with Crippen molar-refractivity contribution in [2.24, 2.45) is 11.8 Å². The third kappa shape index (κ3) is 5.02. The summed E-state index contributed by atoms with van der Waals surface area (Å²) >= 11 is 0. The normalized spacial score (nSPS) is 19.8. The number of nitrogens with one attached hydrogen (secondary N) is 2. The molecule has 2 N–H and O–H groups in total. The van der Waals surface area contributed by atoms with Crippen LogP contribution in [0.25, 0.3) is 11.0 Å². The van der Waals surface area contributed by atoms with Gasteiger partial charge in [0.1, 0.15) is 5.82 Å². The molecule has 170 valence electrons. The number of fused-ring (bicyclic) bond motifs is 1. The van der Waals surface area contributed by atoms with Gasteiger partial charge >= 0.3 is 0 Å². The molecule has 8 heteroatoms. The molecule has 2 unspecified atom stereocenters. The fourth-order valence-electron chi connectivity index (χ4n) is 4.41. The third-order valence-electron chi connectivity index (χ3n) is 5.90. The van der Waals surface area contributed by atoms with Gasteiger partial charge in [-0.15, -0.1) is 0 Å². The first-order chi connectivity index (χ1) is 15.3. The predicted molar refractivity (Wildman–Crippen MR) is 125 cm³/mol. The van der Waals surface area contributed by atoms with Crippen molar-refractivity contribution in [2.75, 3.05) is 19.6 Å². The van der Waals surface area contributed by atoms with Crippen LogP contribution in [0.5, 0.6) is 0 Å². The number of benzene rings is 2. The van der Waals surface area contributed by atoms with Crippen molar-refractivity contribution in [1.82, 2.24) is 19.6 Å². The Hall–Kier alpha value is -2.71. The highest BCUT2D eigenvalue weighted by Gasteiger charge is 2.31. The minimum atomic E-state index is -3.54. The maximum Gasteiger partial charge on any atom is 0.251 e. The lowest BCUT2D eigenvalue weighted by molar-refractivity contribution is 0.0953. The van der Waals surface area contributed by atoms with Gasteiger partial charge in [0.15, 0.2) is 0 Å². The summed E-state index contributed by atoms with van der Waals surface area (Å²) < 4.78 is 27.5. The van der Waals surface area contributed by atoms with E-state index in [4.69, 9.17) is 0 Å². The van der Waals surface area contributed by atoms with Gasteiger partial charge in [-0.3, -0.25) is 4.79 Å². The lowest BCUT2D eigenvalue weighted by Crippen LogP contribution is -2.42. The van der Waals surface area contributed by atoms with E-state index in [1.54, 1.807) is 16.4 Å². The number of para-hydroxylation sites is 2. The van der Waals surface area contributed by atoms with Crippen LogP contribution < -0.4 is 5.32 Å². The minimum Gasteiger partial charge on any atom is -0.352 e. The molecule has 2 heterocycles. The van der Waals surface area contributed by atoms with Gasteiger partial charge in [0.2, 0.25) is 10.0 Å². The van der Waals surface area contributed by atoms with Crippen LogP contribution in [0.4, 0.5) is 0 Å². The van der Waals surface area contributed by atoms with Crippen molar-refractivity contribution in [3.63, 3.8) is 0 Å². The van der Waals surface area contributed by atoms with E-state index in [9.17, 15) is 13.2 Å². The van der Waals surface area contributed by atoms with Crippen LogP contribution >= 0.6 is 0 Å². The Kier molecular flexibility index (Phi) is 6.62. The van der Waals surface area contributed by atoms with Crippen molar-refractivity contribution in [3.05, 3.63) is 59.9 Å². The van der Waals surface area contributed by atoms with Crippen LogP contribution in [0, 0.1) is 11.8 Å². The van der Waals surface area contributed by atoms with Crippen molar-refractivity contribution in [2.45, 2.75) is 38.0 Å². The second-order valence-electron chi connectivity index (χ2n) is 8.85. The summed E-state index contributed by atoms with van der Waals surface area (Å²) in [6, 6.07) is 14.1. The predicted octanol–water partition coefficient (Wildman–Crippen LogP) is 3.59. The molecule has 1 aliphatic rings. The lowest BCUT2D eigenvalue weighted by Gasteiger charge is -2.34. The average molecular weight is 455 g/mol. The quantitative estimate of drug-likeness (QED) is 0.534. The first kappa shape index (κ1) is 22.5. The number of sulfonamides is 1. The molecule has 0 spiro atoms. The van der Waals surface area contributed by atoms with Gasteiger partial charge in [0, 0.05) is 31.6 Å². The summed E-state index contributed by atoms with van der Waals surface area (Å²) in [6.07, 6.45) is 2.53. The highest BCUT2D eigenvalue weighted by molar-refractivity contribution is 7.89. The fraction of sp³-hybridized carbons (Fsp3) is 0.417. The molecule has 0 aliphatic carbocycles. The van der Waals surface area contributed by atoms with E-state index in [0.29, 0.717) is 37.0 Å². The molecule has 1 aromatic heterocycles. The molecular formula is C24H30N4O3S. The van der Waals surface area contributed by atoms with Crippen LogP contribution in [0.2, 0.25) is 0 Å². The number of amides is 1. The highest BCUT2D eigenvalue weighted by atomic mass is 32.2. The number of H-pyrrole nitrogens is 1. The van der Waals surface area contributed by atoms with Crippen molar-refractivity contribution < 1.29 is 13.2 Å². The van der Waals surface area contributed by atoms with Gasteiger partial charge in [0.25, 0.3) is 5.91 Å². The zero-order valence-corrected chi connectivity index (χ0v) is 19.4. The Balaban J connectivity index is 1.30. The number of hydrogen-bond donors (Lipinski definition) is 2. The van der Waals surface area contributed by atoms with Gasteiger partial charge in [-0.2, -0.15) is 4.31 Å². The number of hydrogen-bond acceptors (Lipinski definition) is 4. The number of carbonyl (C=O) groups excluding carboxylic acids is 1. The molecule has 2 atom stereocenters. The molecule has 1 saturated heterocycles. The number of aryl methyl sites for hydroxylation is 1. The Bertz CT molecular complexity index is 1140. The average Bonchev–Trinajstić information content (AvgIpc) is 3.19. The first-order valence-corrected chi connectivity index (χ1v) is 12.6. The standard InChI is InChI=1S/C24H30N4O3S/c1-17-14-18(2)16-28(15-17)32(30,31)20-11-9-19(10-12-20)24(29)25-13-5-8-23-26-21-6-3-4-7-22(21)27-23/h3-4,6-7,9-12,17-18H,5,8,13-16H2,1-2H3,(H,25,29)(H,26,27). The summed E-state index contributed by atoms with van der Waals surface area (Å²) in [5, 5.41) is 2.90. The summed E-state index contributed by atoms with van der Waals surface area (Å²) in [5.41, 5.74) is 2.40. The van der Waals surface area contributed by atoms with Gasteiger partial charge in [-0.25, -0.2) is 13.4 Å². The van der Waals surface area contributed by atoms with Crippen LogP contribution in [-0.4, -0.2) is 48.2 Å². The molecule has 0 saturated carbocycles. The van der Waals surface area contributed by atoms with E-state index in [0.717, 1.165) is 36.1 Å². The van der Waals surface area contributed by atoms with Gasteiger partial charge in [-0.1, -0.05) is 26.0 Å². The van der Waals surface area contributed by atoms with E-state index in [1.165, 1.54) is 12.1 Å². The maximum absolute atomic E-state index is 13.0. The van der Waals surface area contributed by atoms with E-state index in [-0.39, 0.29) is 10.8 Å². The number of aromatic nitrogens is 2. The minimum absolute atomic E-state index is 0.209. The summed E-state index contributed by atoms with van der Waals surface area (Å²) in [7, 11) is -3.54. The van der Waals surface area contributed by atoms with Crippen molar-refractivity contribution in [1.29, 1.82) is 0 Å². The van der Waals surface area contributed by atoms with Gasteiger partial charge < -0.3 is 10.3 Å². The summed E-state index contributed by atoms with van der Waals surface area (Å²) in [4.78, 5) is 20.5. The van der Waals surface area contributed by atoms with Crippen molar-refractivity contribution >= 4 is 27.0 Å². The van der Waals surface area contributed by atoms with Crippen LogP contribution in [0.3, 0.4) is 0 Å². The highest BCUT2D eigenvalue weighted by Crippen LogP contribution is 2.26. The molecular weight excluding hydrogens is 424 g/mol. The van der Waals surface area contributed by atoms with Gasteiger partial charge in [0.05, 0.1) is 15.9 Å². The largest absolute Gasteiger partial charge is 0.352 e.